The molecular formula is C15H13NO4S. The van der Waals surface area contributed by atoms with Crippen molar-refractivity contribution in [2.24, 2.45) is 5.92 Å². The van der Waals surface area contributed by atoms with E-state index in [4.69, 9.17) is 9.84 Å². The maximum absolute atomic E-state index is 11.6. The number of carboxylic acids is 1. The number of anilines is 1. The van der Waals surface area contributed by atoms with E-state index in [1.54, 1.807) is 35.7 Å². The second-order valence-electron chi connectivity index (χ2n) is 4.81. The molecule has 0 saturated heterocycles. The lowest BCUT2D eigenvalue weighted by atomic mass is 10.3. The Morgan fingerprint density at radius 3 is 2.52 bits per heavy atom. The molecule has 0 bridgehead atoms. The molecule has 1 aromatic heterocycles. The molecule has 1 amide bonds. The van der Waals surface area contributed by atoms with Crippen molar-refractivity contribution in [1.82, 2.24) is 0 Å². The zero-order valence-electron chi connectivity index (χ0n) is 11.0. The molecule has 0 spiro atoms. The van der Waals surface area contributed by atoms with Gasteiger partial charge in [0.1, 0.15) is 5.75 Å². The summed E-state index contributed by atoms with van der Waals surface area (Å²) in [6.45, 7) is 0. The van der Waals surface area contributed by atoms with E-state index in [-0.39, 0.29) is 16.7 Å². The lowest BCUT2D eigenvalue weighted by Gasteiger charge is -2.07. The van der Waals surface area contributed by atoms with Gasteiger partial charge in [-0.15, -0.1) is 11.3 Å². The Balaban J connectivity index is 1.67. The summed E-state index contributed by atoms with van der Waals surface area (Å²) in [5, 5.41) is 13.5. The van der Waals surface area contributed by atoms with Crippen LogP contribution in [0.15, 0.2) is 35.7 Å². The molecule has 1 fully saturated rings. The van der Waals surface area contributed by atoms with Crippen LogP contribution in [0.5, 0.6) is 11.5 Å². The number of nitrogens with one attached hydrogen (secondary N) is 1. The molecule has 1 heterocycles. The summed E-state index contributed by atoms with van der Waals surface area (Å²) in [6, 6.07) is 8.50. The number of thiophene rings is 1. The molecule has 0 aliphatic heterocycles. The number of aromatic carboxylic acids is 1. The summed E-state index contributed by atoms with van der Waals surface area (Å²) >= 11 is 1.12. The highest BCUT2D eigenvalue weighted by Gasteiger charge is 2.29. The summed E-state index contributed by atoms with van der Waals surface area (Å²) < 4.78 is 5.55. The van der Waals surface area contributed by atoms with Crippen molar-refractivity contribution in [3.63, 3.8) is 0 Å². The van der Waals surface area contributed by atoms with Crippen LogP contribution >= 0.6 is 11.3 Å². The number of carboxylic acid groups (broad SMARTS) is 1. The molecule has 1 aromatic carbocycles. The lowest BCUT2D eigenvalue weighted by Crippen LogP contribution is -2.12. The van der Waals surface area contributed by atoms with Gasteiger partial charge in [0.15, 0.2) is 10.6 Å². The maximum Gasteiger partial charge on any atom is 0.349 e. The number of carbonyl (C=O) groups excluding carboxylic acids is 1. The fourth-order valence-corrected chi connectivity index (χ4v) is 2.51. The highest BCUT2D eigenvalue weighted by atomic mass is 32.1. The normalized spacial score (nSPS) is 13.7. The van der Waals surface area contributed by atoms with Crippen molar-refractivity contribution in [2.75, 3.05) is 5.32 Å². The predicted molar refractivity (Wildman–Crippen MR) is 79.1 cm³/mol. The van der Waals surface area contributed by atoms with Crippen LogP contribution in [-0.4, -0.2) is 17.0 Å². The first-order valence-electron chi connectivity index (χ1n) is 6.53. The summed E-state index contributed by atoms with van der Waals surface area (Å²) in [7, 11) is 0. The second-order valence-corrected chi connectivity index (χ2v) is 5.73. The van der Waals surface area contributed by atoms with Crippen LogP contribution in [0.3, 0.4) is 0 Å². The summed E-state index contributed by atoms with van der Waals surface area (Å²) in [6.07, 6.45) is 1.92. The van der Waals surface area contributed by atoms with Crippen LogP contribution in [0.25, 0.3) is 0 Å². The van der Waals surface area contributed by atoms with Crippen LogP contribution in [0, 0.1) is 5.92 Å². The number of hydrogen-bond donors (Lipinski definition) is 2. The Bertz CT molecular complexity index is 673. The Hall–Kier alpha value is -2.34. The van der Waals surface area contributed by atoms with E-state index < -0.39 is 5.97 Å². The molecule has 21 heavy (non-hydrogen) atoms. The first-order chi connectivity index (χ1) is 10.1. The minimum absolute atomic E-state index is 0.0506. The van der Waals surface area contributed by atoms with Crippen LogP contribution in [-0.2, 0) is 4.79 Å². The fraction of sp³-hybridized carbons (Fsp3) is 0.200. The van der Waals surface area contributed by atoms with E-state index in [2.05, 4.69) is 5.32 Å². The van der Waals surface area contributed by atoms with E-state index in [0.29, 0.717) is 17.2 Å². The first kappa shape index (κ1) is 13.6. The van der Waals surface area contributed by atoms with Gasteiger partial charge in [-0.2, -0.15) is 0 Å². The molecule has 1 aliphatic rings. The van der Waals surface area contributed by atoms with Gasteiger partial charge in [0.2, 0.25) is 5.91 Å². The van der Waals surface area contributed by atoms with E-state index >= 15 is 0 Å². The van der Waals surface area contributed by atoms with Crippen molar-refractivity contribution in [3.8, 4) is 11.5 Å². The van der Waals surface area contributed by atoms with Gasteiger partial charge in [-0.3, -0.25) is 4.79 Å². The highest BCUT2D eigenvalue weighted by molar-refractivity contribution is 7.12. The zero-order valence-corrected chi connectivity index (χ0v) is 11.9. The Kier molecular flexibility index (Phi) is 3.62. The van der Waals surface area contributed by atoms with Gasteiger partial charge in [0.05, 0.1) is 0 Å². The largest absolute Gasteiger partial charge is 0.477 e. The molecule has 0 atom stereocenters. The predicted octanol–water partition coefficient (Wildman–Crippen LogP) is 3.59. The van der Waals surface area contributed by atoms with Gasteiger partial charge in [-0.1, -0.05) is 0 Å². The van der Waals surface area contributed by atoms with Crippen molar-refractivity contribution in [2.45, 2.75) is 12.8 Å². The average Bonchev–Trinajstić information content (AvgIpc) is 3.21. The highest BCUT2D eigenvalue weighted by Crippen LogP contribution is 2.32. The fourth-order valence-electron chi connectivity index (χ4n) is 1.86. The van der Waals surface area contributed by atoms with Crippen molar-refractivity contribution in [3.05, 3.63) is 40.6 Å². The number of hydrogen-bond acceptors (Lipinski definition) is 4. The third-order valence-corrected chi connectivity index (χ3v) is 4.00. The summed E-state index contributed by atoms with van der Waals surface area (Å²) in [4.78, 5) is 22.8. The van der Waals surface area contributed by atoms with Gasteiger partial charge < -0.3 is 15.2 Å². The third kappa shape index (κ3) is 3.22. The quantitative estimate of drug-likeness (QED) is 0.885. The molecule has 108 valence electrons. The van der Waals surface area contributed by atoms with Gasteiger partial charge in [0.25, 0.3) is 0 Å². The minimum atomic E-state index is -1.01. The molecule has 0 radical (unpaired) electrons. The third-order valence-electron chi connectivity index (χ3n) is 3.12. The topological polar surface area (TPSA) is 75.6 Å². The van der Waals surface area contributed by atoms with E-state index in [9.17, 15) is 9.59 Å². The monoisotopic (exact) mass is 303 g/mol. The Labute approximate surface area is 125 Å². The molecule has 5 nitrogen and oxygen atoms in total. The van der Waals surface area contributed by atoms with Gasteiger partial charge in [-0.05, 0) is 48.6 Å². The Morgan fingerprint density at radius 1 is 1.19 bits per heavy atom. The number of benzene rings is 1. The molecular weight excluding hydrogens is 290 g/mol. The lowest BCUT2D eigenvalue weighted by molar-refractivity contribution is -0.117. The molecule has 3 rings (SSSR count). The average molecular weight is 303 g/mol. The summed E-state index contributed by atoms with van der Waals surface area (Å²) in [5.74, 6) is 0.0513. The molecule has 6 heteroatoms. The molecule has 1 aliphatic carbocycles. The van der Waals surface area contributed by atoms with Crippen molar-refractivity contribution in [1.29, 1.82) is 0 Å². The zero-order chi connectivity index (χ0) is 14.8. The smallest absolute Gasteiger partial charge is 0.349 e. The maximum atomic E-state index is 11.6. The SMILES string of the molecule is O=C(O)c1sccc1Oc1ccc(NC(=O)C2CC2)cc1. The standard InChI is InChI=1S/C15H13NO4S/c17-14(9-1-2-9)16-10-3-5-11(6-4-10)20-12-7-8-21-13(12)15(18)19/h3-9H,1-2H2,(H,16,17)(H,18,19). The van der Waals surface area contributed by atoms with Gasteiger partial charge >= 0.3 is 5.97 Å². The van der Waals surface area contributed by atoms with Crippen LogP contribution in [0.2, 0.25) is 0 Å². The van der Waals surface area contributed by atoms with Crippen LogP contribution in [0.1, 0.15) is 22.5 Å². The van der Waals surface area contributed by atoms with Crippen LogP contribution < -0.4 is 10.1 Å². The van der Waals surface area contributed by atoms with Crippen LogP contribution in [0.4, 0.5) is 5.69 Å². The van der Waals surface area contributed by atoms with E-state index in [1.807, 2.05) is 0 Å². The van der Waals surface area contributed by atoms with E-state index in [1.165, 1.54) is 0 Å². The van der Waals surface area contributed by atoms with E-state index in [0.717, 1.165) is 24.2 Å². The van der Waals surface area contributed by atoms with Crippen molar-refractivity contribution >= 4 is 28.9 Å². The molecule has 1 saturated carbocycles. The van der Waals surface area contributed by atoms with Gasteiger partial charge in [0, 0.05) is 11.6 Å². The number of ether oxygens (including phenoxy) is 1. The summed E-state index contributed by atoms with van der Waals surface area (Å²) in [5.41, 5.74) is 0.711. The number of amides is 1. The first-order valence-corrected chi connectivity index (χ1v) is 7.41. The second kappa shape index (κ2) is 5.57. The number of rotatable bonds is 5. The van der Waals surface area contributed by atoms with Gasteiger partial charge in [-0.25, -0.2) is 4.79 Å². The molecule has 2 N–H and O–H groups in total. The number of carbonyl (C=O) groups is 2. The van der Waals surface area contributed by atoms with Crippen molar-refractivity contribution < 1.29 is 19.4 Å². The molecule has 2 aromatic rings. The molecule has 0 unspecified atom stereocenters. The Morgan fingerprint density at radius 2 is 1.90 bits per heavy atom. The minimum Gasteiger partial charge on any atom is -0.477 e.